The molecular formula is C13H18N4O. The van der Waals surface area contributed by atoms with E-state index in [1.165, 1.54) is 6.33 Å². The summed E-state index contributed by atoms with van der Waals surface area (Å²) in [6.07, 6.45) is 1.84. The lowest BCUT2D eigenvalue weighted by Crippen LogP contribution is -2.21. The van der Waals surface area contributed by atoms with Crippen LogP contribution in [0, 0.1) is 0 Å². The molecule has 0 radical (unpaired) electrons. The van der Waals surface area contributed by atoms with Gasteiger partial charge < -0.3 is 16.2 Å². The van der Waals surface area contributed by atoms with Crippen molar-refractivity contribution in [2.45, 2.75) is 32.4 Å². The maximum absolute atomic E-state index is 9.37. The lowest BCUT2D eigenvalue weighted by atomic mass is 10.1. The van der Waals surface area contributed by atoms with Gasteiger partial charge in [-0.1, -0.05) is 0 Å². The van der Waals surface area contributed by atoms with Crippen LogP contribution in [0.4, 0.5) is 11.5 Å². The minimum Gasteiger partial charge on any atom is -0.399 e. The molecule has 0 aliphatic heterocycles. The van der Waals surface area contributed by atoms with Gasteiger partial charge in [0.2, 0.25) is 0 Å². The number of hydrogen-bond donors (Lipinski definition) is 3. The van der Waals surface area contributed by atoms with Gasteiger partial charge in [-0.25, -0.2) is 9.97 Å². The Labute approximate surface area is 106 Å². The van der Waals surface area contributed by atoms with Gasteiger partial charge in [0.1, 0.15) is 12.1 Å². The molecule has 4 N–H and O–H groups in total. The van der Waals surface area contributed by atoms with Gasteiger partial charge in [0.25, 0.3) is 0 Å². The van der Waals surface area contributed by atoms with Crippen LogP contribution in [0.3, 0.4) is 0 Å². The minimum atomic E-state index is -0.342. The third-order valence-electron chi connectivity index (χ3n) is 2.74. The second kappa shape index (κ2) is 5.18. The highest BCUT2D eigenvalue weighted by atomic mass is 16.3. The maximum Gasteiger partial charge on any atom is 0.137 e. The molecule has 0 fully saturated rings. The van der Waals surface area contributed by atoms with Crippen LogP contribution >= 0.6 is 0 Å². The number of benzene rings is 1. The van der Waals surface area contributed by atoms with Gasteiger partial charge in [-0.05, 0) is 38.5 Å². The summed E-state index contributed by atoms with van der Waals surface area (Å²) in [6.45, 7) is 3.78. The first kappa shape index (κ1) is 12.6. The summed E-state index contributed by atoms with van der Waals surface area (Å²) in [5.74, 6) is 0.750. The number of fused-ring (bicyclic) bond motifs is 1. The van der Waals surface area contributed by atoms with Crippen LogP contribution in [0.2, 0.25) is 0 Å². The van der Waals surface area contributed by atoms with E-state index in [4.69, 9.17) is 5.73 Å². The van der Waals surface area contributed by atoms with Crippen LogP contribution < -0.4 is 11.1 Å². The van der Waals surface area contributed by atoms with Crippen LogP contribution in [-0.4, -0.2) is 27.2 Å². The van der Waals surface area contributed by atoms with E-state index < -0.39 is 0 Å². The molecular weight excluding hydrogens is 228 g/mol. The van der Waals surface area contributed by atoms with E-state index in [0.717, 1.165) is 16.7 Å². The van der Waals surface area contributed by atoms with E-state index >= 15 is 0 Å². The largest absolute Gasteiger partial charge is 0.399 e. The first-order valence-corrected chi connectivity index (χ1v) is 6.01. The zero-order chi connectivity index (χ0) is 13.1. The number of nitrogen functional groups attached to an aromatic ring is 1. The fourth-order valence-corrected chi connectivity index (χ4v) is 1.99. The lowest BCUT2D eigenvalue weighted by Gasteiger charge is -2.17. The van der Waals surface area contributed by atoms with E-state index in [2.05, 4.69) is 15.3 Å². The van der Waals surface area contributed by atoms with Crippen molar-refractivity contribution < 1.29 is 5.11 Å². The first-order chi connectivity index (χ1) is 8.56. The molecule has 1 aromatic carbocycles. The molecule has 96 valence electrons. The third-order valence-corrected chi connectivity index (χ3v) is 2.74. The average Bonchev–Trinajstić information content (AvgIpc) is 2.28. The molecule has 2 rings (SSSR count). The Morgan fingerprint density at radius 1 is 1.33 bits per heavy atom. The quantitative estimate of drug-likeness (QED) is 0.716. The van der Waals surface area contributed by atoms with Crippen molar-refractivity contribution in [3.05, 3.63) is 24.5 Å². The molecule has 2 unspecified atom stereocenters. The molecule has 18 heavy (non-hydrogen) atoms. The first-order valence-electron chi connectivity index (χ1n) is 6.01. The van der Waals surface area contributed by atoms with Crippen molar-refractivity contribution in [2.24, 2.45) is 0 Å². The molecule has 0 aliphatic rings. The van der Waals surface area contributed by atoms with Gasteiger partial charge in [0, 0.05) is 17.1 Å². The summed E-state index contributed by atoms with van der Waals surface area (Å²) in [5, 5.41) is 13.5. The van der Waals surface area contributed by atoms with Crippen LogP contribution in [0.5, 0.6) is 0 Å². The fraction of sp³-hybridized carbons (Fsp3) is 0.385. The topological polar surface area (TPSA) is 84.1 Å². The SMILES string of the molecule is CC(O)CC(C)Nc1ncnc2ccc(N)cc12. The van der Waals surface area contributed by atoms with E-state index in [0.29, 0.717) is 12.1 Å². The molecule has 2 atom stereocenters. The Bertz CT molecular complexity index is 542. The van der Waals surface area contributed by atoms with E-state index in [1.807, 2.05) is 25.1 Å². The molecule has 0 saturated heterocycles. The summed E-state index contributed by atoms with van der Waals surface area (Å²) in [5.41, 5.74) is 7.32. The number of aliphatic hydroxyl groups excluding tert-OH is 1. The Morgan fingerprint density at radius 2 is 2.11 bits per heavy atom. The molecule has 5 heteroatoms. The molecule has 0 amide bonds. The number of aliphatic hydroxyl groups is 1. The molecule has 2 aromatic rings. The van der Waals surface area contributed by atoms with Gasteiger partial charge in [-0.15, -0.1) is 0 Å². The van der Waals surface area contributed by atoms with Crippen molar-refractivity contribution in [3.63, 3.8) is 0 Å². The zero-order valence-corrected chi connectivity index (χ0v) is 10.6. The number of nitrogens with zero attached hydrogens (tertiary/aromatic N) is 2. The van der Waals surface area contributed by atoms with Crippen molar-refractivity contribution in [1.82, 2.24) is 9.97 Å². The fourth-order valence-electron chi connectivity index (χ4n) is 1.99. The van der Waals surface area contributed by atoms with Crippen molar-refractivity contribution in [3.8, 4) is 0 Å². The van der Waals surface area contributed by atoms with E-state index in [-0.39, 0.29) is 12.1 Å². The number of hydrogen-bond acceptors (Lipinski definition) is 5. The normalized spacial score (nSPS) is 14.4. The predicted octanol–water partition coefficient (Wildman–Crippen LogP) is 1.78. The predicted molar refractivity (Wildman–Crippen MR) is 73.3 cm³/mol. The van der Waals surface area contributed by atoms with Crippen LogP contribution in [-0.2, 0) is 0 Å². The molecule has 0 spiro atoms. The van der Waals surface area contributed by atoms with Gasteiger partial charge in [-0.2, -0.15) is 0 Å². The number of rotatable bonds is 4. The molecule has 1 aromatic heterocycles. The highest BCUT2D eigenvalue weighted by Gasteiger charge is 2.09. The Balaban J connectivity index is 2.30. The highest BCUT2D eigenvalue weighted by molar-refractivity contribution is 5.91. The molecule has 0 bridgehead atoms. The summed E-state index contributed by atoms with van der Waals surface area (Å²) in [6, 6.07) is 5.67. The molecule has 1 heterocycles. The van der Waals surface area contributed by atoms with Crippen molar-refractivity contribution >= 4 is 22.4 Å². The highest BCUT2D eigenvalue weighted by Crippen LogP contribution is 2.22. The van der Waals surface area contributed by atoms with Gasteiger partial charge in [0.15, 0.2) is 0 Å². The lowest BCUT2D eigenvalue weighted by molar-refractivity contribution is 0.179. The Hall–Kier alpha value is -1.88. The summed E-state index contributed by atoms with van der Waals surface area (Å²) in [4.78, 5) is 8.43. The molecule has 0 saturated carbocycles. The van der Waals surface area contributed by atoms with E-state index in [9.17, 15) is 5.11 Å². The standard InChI is InChI=1S/C13H18N4O/c1-8(5-9(2)18)17-13-11-6-10(14)3-4-12(11)15-7-16-13/h3-4,6-9,18H,5,14H2,1-2H3,(H,15,16,17). The average molecular weight is 246 g/mol. The Kier molecular flexibility index (Phi) is 3.62. The van der Waals surface area contributed by atoms with Crippen LogP contribution in [0.1, 0.15) is 20.3 Å². The molecule has 5 nitrogen and oxygen atoms in total. The number of anilines is 2. The van der Waals surface area contributed by atoms with Gasteiger partial charge in [0.05, 0.1) is 11.6 Å². The number of nitrogens with two attached hydrogens (primary N) is 1. The maximum atomic E-state index is 9.37. The minimum absolute atomic E-state index is 0.129. The number of aromatic nitrogens is 2. The van der Waals surface area contributed by atoms with Crippen molar-refractivity contribution in [1.29, 1.82) is 0 Å². The number of nitrogens with one attached hydrogen (secondary N) is 1. The van der Waals surface area contributed by atoms with E-state index in [1.54, 1.807) is 6.92 Å². The summed E-state index contributed by atoms with van der Waals surface area (Å²) >= 11 is 0. The third kappa shape index (κ3) is 2.87. The van der Waals surface area contributed by atoms with Crippen molar-refractivity contribution in [2.75, 3.05) is 11.1 Å². The second-order valence-electron chi connectivity index (χ2n) is 4.63. The monoisotopic (exact) mass is 246 g/mol. The second-order valence-corrected chi connectivity index (χ2v) is 4.63. The van der Waals surface area contributed by atoms with Crippen LogP contribution in [0.25, 0.3) is 10.9 Å². The van der Waals surface area contributed by atoms with Crippen LogP contribution in [0.15, 0.2) is 24.5 Å². The molecule has 0 aliphatic carbocycles. The zero-order valence-electron chi connectivity index (χ0n) is 10.6. The Morgan fingerprint density at radius 3 is 2.83 bits per heavy atom. The smallest absolute Gasteiger partial charge is 0.137 e. The van der Waals surface area contributed by atoms with Gasteiger partial charge in [-0.3, -0.25) is 0 Å². The summed E-state index contributed by atoms with van der Waals surface area (Å²) in [7, 11) is 0. The van der Waals surface area contributed by atoms with Gasteiger partial charge >= 0.3 is 0 Å². The summed E-state index contributed by atoms with van der Waals surface area (Å²) < 4.78 is 0.